The van der Waals surface area contributed by atoms with Gasteiger partial charge in [0.05, 0.1) is 11.1 Å². The van der Waals surface area contributed by atoms with Crippen molar-refractivity contribution in [3.63, 3.8) is 0 Å². The Morgan fingerprint density at radius 1 is 0.912 bits per heavy atom. The Kier molecular flexibility index (Phi) is 5.44. The molecule has 0 bridgehead atoms. The fraction of sp³-hybridized carbons (Fsp3) is 0.400. The number of fused-ring (bicyclic) bond motifs is 2. The fourth-order valence-electron chi connectivity index (χ4n) is 4.54. The molecule has 0 radical (unpaired) electrons. The van der Waals surface area contributed by atoms with Crippen molar-refractivity contribution in [1.82, 2.24) is 14.7 Å². The first-order valence-electron chi connectivity index (χ1n) is 11.4. The van der Waals surface area contributed by atoms with E-state index < -0.39 is 5.54 Å². The first-order chi connectivity index (χ1) is 16.2. The van der Waals surface area contributed by atoms with Crippen LogP contribution in [0.25, 0.3) is 0 Å². The highest BCUT2D eigenvalue weighted by molar-refractivity contribution is 6.22. The van der Waals surface area contributed by atoms with Crippen molar-refractivity contribution in [3.8, 4) is 11.5 Å². The zero-order chi connectivity index (χ0) is 24.0. The normalized spacial score (nSPS) is 17.9. The molecule has 34 heavy (non-hydrogen) atoms. The molecule has 0 aliphatic carbocycles. The lowest BCUT2D eigenvalue weighted by molar-refractivity contribution is 0.0507. The lowest BCUT2D eigenvalue weighted by Crippen LogP contribution is -2.49. The van der Waals surface area contributed by atoms with Gasteiger partial charge >= 0.3 is 6.03 Å². The lowest BCUT2D eigenvalue weighted by atomic mass is 10.1. The summed E-state index contributed by atoms with van der Waals surface area (Å²) in [5.74, 6) is 0.911. The molecule has 3 aliphatic heterocycles. The molecule has 1 N–H and O–H groups in total. The zero-order valence-electron chi connectivity index (χ0n) is 19.6. The molecule has 0 aromatic heterocycles. The van der Waals surface area contributed by atoms with Gasteiger partial charge in [0, 0.05) is 44.0 Å². The minimum absolute atomic E-state index is 0.216. The molecule has 0 atom stereocenters. The van der Waals surface area contributed by atoms with Crippen LogP contribution in [-0.2, 0) is 6.54 Å². The largest absolute Gasteiger partial charge is 0.454 e. The second-order valence-electron chi connectivity index (χ2n) is 9.76. The van der Waals surface area contributed by atoms with Gasteiger partial charge in [0.1, 0.15) is 0 Å². The Bertz CT molecular complexity index is 1160. The molecule has 0 unspecified atom stereocenters. The molecule has 0 spiro atoms. The summed E-state index contributed by atoms with van der Waals surface area (Å²) in [7, 11) is 0. The van der Waals surface area contributed by atoms with Crippen LogP contribution in [0.5, 0.6) is 11.5 Å². The molecule has 1 fully saturated rings. The smallest absolute Gasteiger partial charge is 0.321 e. The van der Waals surface area contributed by atoms with Crippen LogP contribution in [-0.4, -0.2) is 71.1 Å². The van der Waals surface area contributed by atoms with E-state index in [0.717, 1.165) is 36.7 Å². The summed E-state index contributed by atoms with van der Waals surface area (Å²) >= 11 is 0. The monoisotopic (exact) mass is 464 g/mol. The quantitative estimate of drug-likeness (QED) is 0.702. The third-order valence-corrected chi connectivity index (χ3v) is 6.31. The van der Waals surface area contributed by atoms with E-state index in [1.165, 1.54) is 4.90 Å². The van der Waals surface area contributed by atoms with Crippen molar-refractivity contribution in [3.05, 3.63) is 53.1 Å². The standard InChI is InChI=1S/C25H28N4O5/c1-25(2,3)29-22(30)18-6-5-17(13-19(18)23(29)31)26-24(32)28-10-8-27(9-11-28)14-16-4-7-20-21(12-16)34-15-33-20/h4-7,12-13H,8-11,14-15H2,1-3H3,(H,26,32). The summed E-state index contributed by atoms with van der Waals surface area (Å²) in [5, 5.41) is 2.88. The highest BCUT2D eigenvalue weighted by atomic mass is 16.7. The summed E-state index contributed by atoms with van der Waals surface area (Å²) in [5.41, 5.74) is 1.73. The molecule has 2 aromatic carbocycles. The molecular formula is C25H28N4O5. The SMILES string of the molecule is CC(C)(C)N1C(=O)c2ccc(NC(=O)N3CCN(Cc4ccc5c(c4)OCO5)CC3)cc2C1=O. The van der Waals surface area contributed by atoms with Crippen LogP contribution in [0, 0.1) is 0 Å². The van der Waals surface area contributed by atoms with Crippen LogP contribution >= 0.6 is 0 Å². The Balaban J connectivity index is 1.18. The van der Waals surface area contributed by atoms with Gasteiger partial charge in [0.15, 0.2) is 11.5 Å². The van der Waals surface area contributed by atoms with E-state index in [1.54, 1.807) is 23.1 Å². The third kappa shape index (κ3) is 4.07. The van der Waals surface area contributed by atoms with Crippen LogP contribution in [0.15, 0.2) is 36.4 Å². The molecule has 2 aromatic rings. The van der Waals surface area contributed by atoms with Crippen LogP contribution in [0.2, 0.25) is 0 Å². The molecule has 178 valence electrons. The van der Waals surface area contributed by atoms with Crippen molar-refractivity contribution in [2.45, 2.75) is 32.9 Å². The Morgan fingerprint density at radius 3 is 2.35 bits per heavy atom. The Labute approximate surface area is 198 Å². The van der Waals surface area contributed by atoms with Gasteiger partial charge in [0.25, 0.3) is 11.8 Å². The van der Waals surface area contributed by atoms with Gasteiger partial charge in [-0.05, 0) is 56.7 Å². The van der Waals surface area contributed by atoms with Crippen molar-refractivity contribution < 1.29 is 23.9 Å². The number of rotatable bonds is 3. The summed E-state index contributed by atoms with van der Waals surface area (Å²) < 4.78 is 10.8. The summed E-state index contributed by atoms with van der Waals surface area (Å²) in [6.07, 6.45) is 0. The van der Waals surface area contributed by atoms with Gasteiger partial charge in [-0.15, -0.1) is 0 Å². The number of anilines is 1. The number of hydrogen-bond donors (Lipinski definition) is 1. The first kappa shape index (κ1) is 22.2. The van der Waals surface area contributed by atoms with Crippen molar-refractivity contribution in [2.75, 3.05) is 38.3 Å². The van der Waals surface area contributed by atoms with Gasteiger partial charge < -0.3 is 19.7 Å². The van der Waals surface area contributed by atoms with E-state index in [9.17, 15) is 14.4 Å². The van der Waals surface area contributed by atoms with Crippen LogP contribution < -0.4 is 14.8 Å². The summed E-state index contributed by atoms with van der Waals surface area (Å²) in [6.45, 7) is 9.19. The lowest BCUT2D eigenvalue weighted by Gasteiger charge is -2.34. The molecule has 5 rings (SSSR count). The molecule has 1 saturated heterocycles. The number of urea groups is 1. The van der Waals surface area contributed by atoms with Gasteiger partial charge in [-0.25, -0.2) is 4.79 Å². The predicted molar refractivity (Wildman–Crippen MR) is 125 cm³/mol. The second kappa shape index (κ2) is 8.32. The number of benzene rings is 2. The van der Waals surface area contributed by atoms with Gasteiger partial charge in [-0.2, -0.15) is 0 Å². The number of piperazine rings is 1. The van der Waals surface area contributed by atoms with Crippen molar-refractivity contribution in [2.24, 2.45) is 0 Å². The third-order valence-electron chi connectivity index (χ3n) is 6.31. The predicted octanol–water partition coefficient (Wildman–Crippen LogP) is 3.16. The van der Waals surface area contributed by atoms with E-state index in [-0.39, 0.29) is 24.6 Å². The minimum atomic E-state index is -0.614. The second-order valence-corrected chi connectivity index (χ2v) is 9.76. The number of nitrogens with one attached hydrogen (secondary N) is 1. The number of amides is 4. The summed E-state index contributed by atoms with van der Waals surface area (Å²) in [4.78, 5) is 43.6. The molecule has 3 heterocycles. The maximum Gasteiger partial charge on any atom is 0.321 e. The average Bonchev–Trinajstić information content (AvgIpc) is 3.36. The van der Waals surface area contributed by atoms with Gasteiger partial charge in [-0.3, -0.25) is 19.4 Å². The number of carbonyl (C=O) groups is 3. The molecule has 4 amide bonds. The minimum Gasteiger partial charge on any atom is -0.454 e. The molecule has 3 aliphatic rings. The van der Waals surface area contributed by atoms with E-state index in [2.05, 4.69) is 10.2 Å². The topological polar surface area (TPSA) is 91.4 Å². The highest BCUT2D eigenvalue weighted by Crippen LogP contribution is 2.33. The van der Waals surface area contributed by atoms with Crippen LogP contribution in [0.4, 0.5) is 10.5 Å². The maximum absolute atomic E-state index is 12.8. The maximum atomic E-state index is 12.8. The van der Waals surface area contributed by atoms with Gasteiger partial charge in [-0.1, -0.05) is 6.07 Å². The zero-order valence-corrected chi connectivity index (χ0v) is 19.6. The van der Waals surface area contributed by atoms with Crippen molar-refractivity contribution in [1.29, 1.82) is 0 Å². The summed E-state index contributed by atoms with van der Waals surface area (Å²) in [6, 6.07) is 10.6. The molecule has 9 nitrogen and oxygen atoms in total. The van der Waals surface area contributed by atoms with E-state index in [4.69, 9.17) is 9.47 Å². The van der Waals surface area contributed by atoms with Crippen LogP contribution in [0.3, 0.4) is 0 Å². The molecular weight excluding hydrogens is 436 g/mol. The van der Waals surface area contributed by atoms with E-state index in [0.29, 0.717) is 29.9 Å². The molecule has 0 saturated carbocycles. The first-order valence-corrected chi connectivity index (χ1v) is 11.4. The van der Waals surface area contributed by atoms with E-state index in [1.807, 2.05) is 39.0 Å². The number of ether oxygens (including phenoxy) is 2. The number of nitrogens with zero attached hydrogens (tertiary/aromatic N) is 3. The molecule has 9 heteroatoms. The van der Waals surface area contributed by atoms with Crippen molar-refractivity contribution >= 4 is 23.5 Å². The average molecular weight is 465 g/mol. The highest BCUT2D eigenvalue weighted by Gasteiger charge is 2.42. The van der Waals surface area contributed by atoms with Gasteiger partial charge in [0.2, 0.25) is 6.79 Å². The number of imide groups is 1. The fourth-order valence-corrected chi connectivity index (χ4v) is 4.54. The van der Waals surface area contributed by atoms with Crippen LogP contribution in [0.1, 0.15) is 47.1 Å². The number of hydrogen-bond acceptors (Lipinski definition) is 6. The van der Waals surface area contributed by atoms with E-state index >= 15 is 0 Å². The number of carbonyl (C=O) groups excluding carboxylic acids is 3. The Hall–Kier alpha value is -3.59. The Morgan fingerprint density at radius 2 is 1.62 bits per heavy atom.